The highest BCUT2D eigenvalue weighted by Gasteiger charge is 2.55. The highest BCUT2D eigenvalue weighted by Crippen LogP contribution is 2.61. The molecule has 1 N–H and O–H groups in total. The molecule has 0 amide bonds. The van der Waals surface area contributed by atoms with Gasteiger partial charge in [-0.3, -0.25) is 4.79 Å². The van der Waals surface area contributed by atoms with Crippen molar-refractivity contribution in [1.82, 2.24) is 4.37 Å². The van der Waals surface area contributed by atoms with Gasteiger partial charge < -0.3 is 9.84 Å². The first kappa shape index (κ1) is 27.0. The monoisotopic (exact) mass is 561 g/mol. The molecule has 1 heterocycles. The number of allylic oxidation sites excluding steroid dienone is 5. The maximum absolute atomic E-state index is 13.0. The minimum Gasteiger partial charge on any atom is -0.481 e. The number of nitrogens with zero attached hydrogens (tertiary/aromatic N) is 1. The van der Waals surface area contributed by atoms with Gasteiger partial charge >= 0.3 is 5.97 Å². The summed E-state index contributed by atoms with van der Waals surface area (Å²) in [5, 5.41) is 10.7. The van der Waals surface area contributed by atoms with Crippen LogP contribution in [0.1, 0.15) is 88.9 Å². The summed E-state index contributed by atoms with van der Waals surface area (Å²) in [6.45, 7) is 6.17. The number of carboxylic acids is 1. The van der Waals surface area contributed by atoms with E-state index in [0.29, 0.717) is 18.2 Å². The van der Waals surface area contributed by atoms with E-state index in [1.807, 2.05) is 13.0 Å². The lowest BCUT2D eigenvalue weighted by atomic mass is 9.48. The summed E-state index contributed by atoms with van der Waals surface area (Å²) in [5.74, 6) is 7.65. The zero-order chi connectivity index (χ0) is 27.4. The smallest absolute Gasteiger partial charge is 0.313 e. The third-order valence-corrected chi connectivity index (χ3v) is 13.7. The molecule has 1 aromatic heterocycles. The van der Waals surface area contributed by atoms with Crippen molar-refractivity contribution in [1.29, 1.82) is 0 Å². The number of aromatic nitrogens is 1. The maximum atomic E-state index is 13.0. The largest absolute Gasteiger partial charge is 0.481 e. The Bertz CT molecular complexity index is 1180. The minimum absolute atomic E-state index is 0.0394. The number of fused-ring (bicyclic) bond motifs is 7. The van der Waals surface area contributed by atoms with E-state index in [4.69, 9.17) is 4.74 Å². The lowest BCUT2D eigenvalue weighted by molar-refractivity contribution is -0.158. The molecule has 4 fully saturated rings. The summed E-state index contributed by atoms with van der Waals surface area (Å²) in [5.41, 5.74) is 0.0876. The fourth-order valence-corrected chi connectivity index (χ4v) is 11.6. The Morgan fingerprint density at radius 3 is 2.45 bits per heavy atom. The van der Waals surface area contributed by atoms with E-state index in [0.717, 1.165) is 64.2 Å². The van der Waals surface area contributed by atoms with Crippen LogP contribution in [0.3, 0.4) is 0 Å². The molecule has 0 saturated heterocycles. The number of rotatable bonds is 6. The van der Waals surface area contributed by atoms with Gasteiger partial charge in [-0.1, -0.05) is 30.9 Å². The quantitative estimate of drug-likeness (QED) is 0.353. The van der Waals surface area contributed by atoms with Gasteiger partial charge in [-0.2, -0.15) is 4.37 Å². The first-order valence-corrected chi connectivity index (χ1v) is 17.0. The Hall–Kier alpha value is -1.88. The highest BCUT2D eigenvalue weighted by atomic mass is 32.1. The van der Waals surface area contributed by atoms with Crippen LogP contribution < -0.4 is 4.74 Å². The van der Waals surface area contributed by atoms with Crippen molar-refractivity contribution < 1.29 is 14.6 Å². The molecule has 7 rings (SSSR count). The van der Waals surface area contributed by atoms with Gasteiger partial charge in [0, 0.05) is 6.07 Å². The zero-order valence-electron chi connectivity index (χ0n) is 24.2. The number of hydrogen-bond acceptors (Lipinski definition) is 4. The molecule has 0 spiro atoms. The van der Waals surface area contributed by atoms with Crippen LogP contribution in [0.2, 0.25) is 0 Å². The molecule has 40 heavy (non-hydrogen) atoms. The van der Waals surface area contributed by atoms with Crippen molar-refractivity contribution in [2.45, 2.75) is 84.0 Å². The van der Waals surface area contributed by atoms with E-state index in [-0.39, 0.29) is 12.5 Å². The Morgan fingerprint density at radius 2 is 1.68 bits per heavy atom. The number of carboxylic acid groups (broad SMARTS) is 1. The van der Waals surface area contributed by atoms with Gasteiger partial charge in [0.1, 0.15) is 12.0 Å². The standard InChI is InChI=1S/C35H47NO3S/c1-21(2)32-19-33(36-40-32)39-20-35(34(37)38)17-4-3-8-31(35)24-11-12-26-23(18-24)10-14-30-28(26)16-15-27-25-7-5-6-22(25)9-13-29(27)30/h3,5-6,8,19,22-31H,1,4,7,9-18,20H2,2H3,(H,37,38). The maximum Gasteiger partial charge on any atom is 0.313 e. The minimum atomic E-state index is -0.873. The van der Waals surface area contributed by atoms with E-state index < -0.39 is 11.4 Å². The van der Waals surface area contributed by atoms with E-state index in [1.54, 1.807) is 0 Å². The normalized spacial score (nSPS) is 43.7. The summed E-state index contributed by atoms with van der Waals surface area (Å²) < 4.78 is 10.6. The summed E-state index contributed by atoms with van der Waals surface area (Å²) in [6, 6.07) is 1.91. The van der Waals surface area contributed by atoms with Gasteiger partial charge in [-0.25, -0.2) is 0 Å². The topological polar surface area (TPSA) is 59.4 Å². The van der Waals surface area contributed by atoms with Crippen molar-refractivity contribution in [2.24, 2.45) is 64.6 Å². The molecule has 0 radical (unpaired) electrons. The third-order valence-electron chi connectivity index (χ3n) is 12.8. The third kappa shape index (κ3) is 4.53. The summed E-state index contributed by atoms with van der Waals surface area (Å²) in [6.07, 6.45) is 24.6. The Kier molecular flexibility index (Phi) is 7.25. The molecule has 0 aromatic carbocycles. The van der Waals surface area contributed by atoms with Gasteiger partial charge in [0.05, 0.1) is 4.88 Å². The van der Waals surface area contributed by atoms with E-state index >= 15 is 0 Å². The van der Waals surface area contributed by atoms with E-state index in [1.165, 1.54) is 75.7 Å². The number of ether oxygens (including phenoxy) is 1. The van der Waals surface area contributed by atoms with Crippen LogP contribution in [0.15, 0.2) is 36.9 Å². The van der Waals surface area contributed by atoms with Crippen LogP contribution in [0.5, 0.6) is 5.88 Å². The summed E-state index contributed by atoms with van der Waals surface area (Å²) in [4.78, 5) is 14.0. The molecular formula is C35H47NO3S. The van der Waals surface area contributed by atoms with Crippen LogP contribution in [0.25, 0.3) is 5.57 Å². The molecule has 0 aliphatic heterocycles. The van der Waals surface area contributed by atoms with Crippen molar-refractivity contribution in [2.75, 3.05) is 6.61 Å². The van der Waals surface area contributed by atoms with Crippen LogP contribution in [0.4, 0.5) is 0 Å². The lowest BCUT2D eigenvalue weighted by Crippen LogP contribution is -2.51. The Morgan fingerprint density at radius 1 is 0.975 bits per heavy atom. The molecule has 4 nitrogen and oxygen atoms in total. The molecule has 4 saturated carbocycles. The summed E-state index contributed by atoms with van der Waals surface area (Å²) in [7, 11) is 0. The molecule has 216 valence electrons. The predicted molar refractivity (Wildman–Crippen MR) is 161 cm³/mol. The highest BCUT2D eigenvalue weighted by molar-refractivity contribution is 7.07. The Labute approximate surface area is 244 Å². The number of aliphatic carboxylic acids is 1. The van der Waals surface area contributed by atoms with Crippen LogP contribution >= 0.6 is 11.5 Å². The average Bonchev–Trinajstić information content (AvgIpc) is 3.65. The molecule has 1 aromatic rings. The average molecular weight is 562 g/mol. The molecule has 5 heteroatoms. The Balaban J connectivity index is 1.05. The second kappa shape index (κ2) is 10.7. The van der Waals surface area contributed by atoms with Gasteiger partial charge in [0.15, 0.2) is 0 Å². The van der Waals surface area contributed by atoms with Crippen molar-refractivity contribution in [3.8, 4) is 5.88 Å². The second-order valence-corrected chi connectivity index (χ2v) is 15.2. The van der Waals surface area contributed by atoms with Crippen LogP contribution in [0, 0.1) is 64.6 Å². The second-order valence-electron chi connectivity index (χ2n) is 14.4. The van der Waals surface area contributed by atoms with Gasteiger partial charge in [-0.15, -0.1) is 0 Å². The van der Waals surface area contributed by atoms with Crippen molar-refractivity contribution in [3.05, 3.63) is 41.8 Å². The fraction of sp³-hybridized carbons (Fsp3) is 0.714. The molecule has 6 aliphatic rings. The molecule has 0 bridgehead atoms. The van der Waals surface area contributed by atoms with Gasteiger partial charge in [0.2, 0.25) is 5.88 Å². The van der Waals surface area contributed by atoms with Crippen molar-refractivity contribution >= 4 is 23.1 Å². The zero-order valence-corrected chi connectivity index (χ0v) is 25.0. The first-order valence-electron chi connectivity index (χ1n) is 16.3. The molecule has 6 aliphatic carbocycles. The molecule has 11 atom stereocenters. The molecular weight excluding hydrogens is 514 g/mol. The van der Waals surface area contributed by atoms with E-state index in [2.05, 4.69) is 35.3 Å². The van der Waals surface area contributed by atoms with Crippen LogP contribution in [-0.2, 0) is 4.79 Å². The van der Waals surface area contributed by atoms with Gasteiger partial charge in [0.25, 0.3) is 0 Å². The number of carbonyl (C=O) groups is 1. The lowest BCUT2D eigenvalue weighted by Gasteiger charge is -2.57. The van der Waals surface area contributed by atoms with Crippen molar-refractivity contribution in [3.63, 3.8) is 0 Å². The fourth-order valence-electron chi connectivity index (χ4n) is 11.0. The SMILES string of the molecule is C=C(C)c1cc(OCC2(C(=O)O)CCC=CC2C2CCC3C(CCC4C3CCC3C5CC=CC5CCC34)C2)ns1. The first-order chi connectivity index (χ1) is 19.4. The van der Waals surface area contributed by atoms with Crippen LogP contribution in [-0.4, -0.2) is 22.1 Å². The van der Waals surface area contributed by atoms with Gasteiger partial charge in [-0.05, 0) is 160 Å². The number of hydrogen-bond donors (Lipinski definition) is 1. The van der Waals surface area contributed by atoms with E-state index in [9.17, 15) is 9.90 Å². The summed E-state index contributed by atoms with van der Waals surface area (Å²) >= 11 is 1.37. The predicted octanol–water partition coefficient (Wildman–Crippen LogP) is 8.66. The molecule has 11 unspecified atom stereocenters.